The number of halogens is 1. The molecule has 1 unspecified atom stereocenters. The summed E-state index contributed by atoms with van der Waals surface area (Å²) in [6, 6.07) is 11.9. The molecular formula is C21H21ClN4O4. The Bertz CT molecular complexity index is 1080. The van der Waals surface area contributed by atoms with Gasteiger partial charge in [0, 0.05) is 11.4 Å². The number of methoxy groups -OCH3 is 1. The highest BCUT2D eigenvalue weighted by molar-refractivity contribution is 6.33. The van der Waals surface area contributed by atoms with Gasteiger partial charge < -0.3 is 14.8 Å². The first-order valence-corrected chi connectivity index (χ1v) is 9.52. The lowest BCUT2D eigenvalue weighted by molar-refractivity contribution is -0.123. The number of amides is 1. The van der Waals surface area contributed by atoms with Crippen LogP contribution in [-0.2, 0) is 9.53 Å². The number of hydrogen-bond acceptors (Lipinski definition) is 6. The van der Waals surface area contributed by atoms with Crippen LogP contribution in [0.1, 0.15) is 28.8 Å². The van der Waals surface area contributed by atoms with Gasteiger partial charge in [-0.25, -0.2) is 14.5 Å². The third kappa shape index (κ3) is 4.77. The van der Waals surface area contributed by atoms with Crippen LogP contribution in [0.2, 0.25) is 5.02 Å². The summed E-state index contributed by atoms with van der Waals surface area (Å²) >= 11 is 6.14. The Morgan fingerprint density at radius 1 is 1.13 bits per heavy atom. The summed E-state index contributed by atoms with van der Waals surface area (Å²) < 4.78 is 11.9. The molecule has 8 nitrogen and oxygen atoms in total. The summed E-state index contributed by atoms with van der Waals surface area (Å²) in [7, 11) is 1.55. The van der Waals surface area contributed by atoms with Crippen LogP contribution in [0, 0.1) is 13.8 Å². The maximum Gasteiger partial charge on any atom is 0.359 e. The van der Waals surface area contributed by atoms with Crippen molar-refractivity contribution < 1.29 is 19.1 Å². The highest BCUT2D eigenvalue weighted by Crippen LogP contribution is 2.20. The van der Waals surface area contributed by atoms with E-state index in [4.69, 9.17) is 21.1 Å². The van der Waals surface area contributed by atoms with E-state index < -0.39 is 18.0 Å². The van der Waals surface area contributed by atoms with Crippen LogP contribution >= 0.6 is 11.6 Å². The summed E-state index contributed by atoms with van der Waals surface area (Å²) in [6.07, 6.45) is -1.06. The molecule has 0 spiro atoms. The molecule has 2 heterocycles. The normalized spacial score (nSPS) is 11.6. The van der Waals surface area contributed by atoms with Gasteiger partial charge in [-0.2, -0.15) is 5.10 Å². The second-order valence-electron chi connectivity index (χ2n) is 6.60. The lowest BCUT2D eigenvalue weighted by Gasteiger charge is -2.14. The summed E-state index contributed by atoms with van der Waals surface area (Å²) in [5.41, 5.74) is 2.13. The molecule has 0 saturated heterocycles. The Morgan fingerprint density at radius 2 is 1.83 bits per heavy atom. The van der Waals surface area contributed by atoms with Gasteiger partial charge in [-0.1, -0.05) is 11.6 Å². The minimum atomic E-state index is -1.06. The topological polar surface area (TPSA) is 95.3 Å². The highest BCUT2D eigenvalue weighted by atomic mass is 35.5. The molecule has 0 aliphatic carbocycles. The molecule has 3 aromatic rings. The molecule has 3 rings (SSSR count). The number of rotatable bonds is 6. The summed E-state index contributed by atoms with van der Waals surface area (Å²) in [5, 5.41) is 7.14. The third-order valence-corrected chi connectivity index (χ3v) is 4.57. The third-order valence-electron chi connectivity index (χ3n) is 4.26. The van der Waals surface area contributed by atoms with E-state index in [9.17, 15) is 9.59 Å². The standard InChI is InChI=1S/C21H21ClN4O4/c1-12-11-13(2)26(25-12)18-10-9-17(22)19(24-18)21(28)30-14(3)20(27)23-15-5-7-16(29-4)8-6-15/h5-11,14H,1-4H3,(H,23,27). The number of aryl methyl sites for hydroxylation is 2. The quantitative estimate of drug-likeness (QED) is 0.601. The van der Waals surface area contributed by atoms with E-state index in [0.717, 1.165) is 11.4 Å². The molecule has 9 heteroatoms. The molecule has 0 saturated carbocycles. The van der Waals surface area contributed by atoms with Crippen molar-refractivity contribution in [2.75, 3.05) is 12.4 Å². The van der Waals surface area contributed by atoms with Crippen LogP contribution in [0.15, 0.2) is 42.5 Å². The number of pyridine rings is 1. The molecule has 1 aromatic carbocycles. The van der Waals surface area contributed by atoms with E-state index in [1.54, 1.807) is 48.2 Å². The monoisotopic (exact) mass is 428 g/mol. The molecule has 1 N–H and O–H groups in total. The Kier molecular flexibility index (Phi) is 6.37. The average Bonchev–Trinajstić information content (AvgIpc) is 3.06. The minimum Gasteiger partial charge on any atom is -0.497 e. The van der Waals surface area contributed by atoms with Crippen LogP contribution < -0.4 is 10.1 Å². The zero-order valence-electron chi connectivity index (χ0n) is 17.0. The van der Waals surface area contributed by atoms with Gasteiger partial charge in [0.2, 0.25) is 0 Å². The smallest absolute Gasteiger partial charge is 0.359 e. The Morgan fingerprint density at radius 3 is 2.43 bits per heavy atom. The van der Waals surface area contributed by atoms with Gasteiger partial charge >= 0.3 is 5.97 Å². The molecule has 0 radical (unpaired) electrons. The zero-order valence-corrected chi connectivity index (χ0v) is 17.7. The van der Waals surface area contributed by atoms with E-state index in [1.807, 2.05) is 19.9 Å². The van der Waals surface area contributed by atoms with Crippen molar-refractivity contribution in [1.82, 2.24) is 14.8 Å². The maximum atomic E-state index is 12.6. The Balaban J connectivity index is 1.72. The molecule has 2 aromatic heterocycles. The van der Waals surface area contributed by atoms with Gasteiger partial charge in [-0.05, 0) is 63.2 Å². The predicted molar refractivity (Wildman–Crippen MR) is 112 cm³/mol. The van der Waals surface area contributed by atoms with Gasteiger partial charge in [0.05, 0.1) is 17.8 Å². The number of nitrogens with zero attached hydrogens (tertiary/aromatic N) is 3. The van der Waals surface area contributed by atoms with Gasteiger partial charge in [0.25, 0.3) is 5.91 Å². The van der Waals surface area contributed by atoms with Crippen molar-refractivity contribution in [2.24, 2.45) is 0 Å². The minimum absolute atomic E-state index is 0.0918. The van der Waals surface area contributed by atoms with Crippen molar-refractivity contribution in [3.8, 4) is 11.6 Å². The van der Waals surface area contributed by atoms with E-state index in [-0.39, 0.29) is 10.7 Å². The first kappa shape index (κ1) is 21.3. The average molecular weight is 429 g/mol. The fourth-order valence-electron chi connectivity index (χ4n) is 2.74. The van der Waals surface area contributed by atoms with E-state index in [2.05, 4.69) is 15.4 Å². The number of nitrogens with one attached hydrogen (secondary N) is 1. The molecule has 1 amide bonds. The summed E-state index contributed by atoms with van der Waals surface area (Å²) in [4.78, 5) is 29.2. The summed E-state index contributed by atoms with van der Waals surface area (Å²) in [5.74, 6) is -0.205. The fourth-order valence-corrected chi connectivity index (χ4v) is 2.92. The molecule has 0 aliphatic rings. The summed E-state index contributed by atoms with van der Waals surface area (Å²) in [6.45, 7) is 5.20. The number of ether oxygens (including phenoxy) is 2. The van der Waals surface area contributed by atoms with Gasteiger partial charge in [0.15, 0.2) is 17.6 Å². The number of carbonyl (C=O) groups excluding carboxylic acids is 2. The molecular weight excluding hydrogens is 408 g/mol. The van der Waals surface area contributed by atoms with Gasteiger partial charge in [0.1, 0.15) is 5.75 Å². The molecule has 0 aliphatic heterocycles. The SMILES string of the molecule is COc1ccc(NC(=O)C(C)OC(=O)c2nc(-n3nc(C)cc3C)ccc2Cl)cc1. The maximum absolute atomic E-state index is 12.6. The molecule has 1 atom stereocenters. The largest absolute Gasteiger partial charge is 0.497 e. The fraction of sp³-hybridized carbons (Fsp3) is 0.238. The Labute approximate surface area is 178 Å². The number of esters is 1. The number of aromatic nitrogens is 3. The van der Waals surface area contributed by atoms with Crippen LogP contribution in [0.5, 0.6) is 5.75 Å². The lowest BCUT2D eigenvalue weighted by atomic mass is 10.2. The second kappa shape index (κ2) is 8.96. The van der Waals surface area contributed by atoms with Crippen molar-refractivity contribution in [2.45, 2.75) is 26.9 Å². The predicted octanol–water partition coefficient (Wildman–Crippen LogP) is 3.73. The van der Waals surface area contributed by atoms with Crippen molar-refractivity contribution >= 4 is 29.2 Å². The molecule has 0 fully saturated rings. The van der Waals surface area contributed by atoms with Crippen molar-refractivity contribution in [3.63, 3.8) is 0 Å². The highest BCUT2D eigenvalue weighted by Gasteiger charge is 2.23. The van der Waals surface area contributed by atoms with Crippen molar-refractivity contribution in [1.29, 1.82) is 0 Å². The molecule has 156 valence electrons. The first-order valence-electron chi connectivity index (χ1n) is 9.14. The van der Waals surface area contributed by atoms with Crippen LogP contribution in [-0.4, -0.2) is 39.9 Å². The van der Waals surface area contributed by atoms with Crippen molar-refractivity contribution in [3.05, 3.63) is 64.6 Å². The molecule has 0 bridgehead atoms. The van der Waals surface area contributed by atoms with Crippen LogP contribution in [0.25, 0.3) is 5.82 Å². The van der Waals surface area contributed by atoms with E-state index in [0.29, 0.717) is 17.3 Å². The number of benzene rings is 1. The Hall–Kier alpha value is -3.39. The van der Waals surface area contributed by atoms with Crippen LogP contribution in [0.3, 0.4) is 0 Å². The number of anilines is 1. The van der Waals surface area contributed by atoms with Gasteiger partial charge in [-0.15, -0.1) is 0 Å². The van der Waals surface area contributed by atoms with Gasteiger partial charge in [-0.3, -0.25) is 4.79 Å². The number of carbonyl (C=O) groups is 2. The molecule has 30 heavy (non-hydrogen) atoms. The second-order valence-corrected chi connectivity index (χ2v) is 7.01. The zero-order chi connectivity index (χ0) is 21.8. The lowest BCUT2D eigenvalue weighted by Crippen LogP contribution is -2.30. The van der Waals surface area contributed by atoms with E-state index >= 15 is 0 Å². The number of hydrogen-bond donors (Lipinski definition) is 1. The first-order chi connectivity index (χ1) is 14.3. The van der Waals surface area contributed by atoms with E-state index in [1.165, 1.54) is 6.92 Å². The van der Waals surface area contributed by atoms with Crippen LogP contribution in [0.4, 0.5) is 5.69 Å².